The Morgan fingerprint density at radius 2 is 1.64 bits per heavy atom. The topological polar surface area (TPSA) is 38.3 Å². The summed E-state index contributed by atoms with van der Waals surface area (Å²) in [7, 11) is 0. The van der Waals surface area contributed by atoms with E-state index in [9.17, 15) is 4.79 Å². The van der Waals surface area contributed by atoms with Crippen molar-refractivity contribution < 1.29 is 9.53 Å². The van der Waals surface area contributed by atoms with Crippen molar-refractivity contribution in [2.75, 3.05) is 6.54 Å². The van der Waals surface area contributed by atoms with Crippen LogP contribution in [0.2, 0.25) is 0 Å². The third-order valence-corrected chi connectivity index (χ3v) is 4.99. The zero-order valence-corrected chi connectivity index (χ0v) is 17.0. The molecule has 2 rings (SSSR count). The lowest BCUT2D eigenvalue weighted by atomic mass is 9.79. The molecule has 25 heavy (non-hydrogen) atoms. The van der Waals surface area contributed by atoms with Crippen molar-refractivity contribution in [1.29, 1.82) is 0 Å². The molecule has 0 aliphatic carbocycles. The standard InChI is InChI=1S/C22H35NO2/c1-15(24)25-20-8-9-23-19(14-20)12-16-10-17(21(2,3)4)13-18(11-16)22(5,6)7/h10-11,13,19-20,23H,8-9,12,14H2,1-7H3. The molecule has 2 atom stereocenters. The van der Waals surface area contributed by atoms with E-state index >= 15 is 0 Å². The van der Waals surface area contributed by atoms with Crippen molar-refractivity contribution in [3.05, 3.63) is 34.9 Å². The van der Waals surface area contributed by atoms with Crippen molar-refractivity contribution in [3.8, 4) is 0 Å². The molecule has 3 heteroatoms. The van der Waals surface area contributed by atoms with E-state index in [-0.39, 0.29) is 22.9 Å². The Balaban J connectivity index is 2.22. The average molecular weight is 346 g/mol. The number of esters is 1. The average Bonchev–Trinajstić information content (AvgIpc) is 2.44. The molecule has 1 saturated heterocycles. The van der Waals surface area contributed by atoms with Gasteiger partial charge in [-0.15, -0.1) is 0 Å². The Morgan fingerprint density at radius 3 is 2.12 bits per heavy atom. The zero-order chi connectivity index (χ0) is 18.8. The summed E-state index contributed by atoms with van der Waals surface area (Å²) in [6, 6.07) is 7.43. The van der Waals surface area contributed by atoms with E-state index in [1.807, 2.05) is 0 Å². The Labute approximate surface area is 153 Å². The molecule has 140 valence electrons. The molecule has 3 nitrogen and oxygen atoms in total. The number of carbonyl (C=O) groups excluding carboxylic acids is 1. The highest BCUT2D eigenvalue weighted by Crippen LogP contribution is 2.31. The van der Waals surface area contributed by atoms with Gasteiger partial charge >= 0.3 is 5.97 Å². The summed E-state index contributed by atoms with van der Waals surface area (Å²) in [5.74, 6) is -0.171. The molecule has 0 bridgehead atoms. The van der Waals surface area contributed by atoms with E-state index in [2.05, 4.69) is 65.1 Å². The van der Waals surface area contributed by atoms with Crippen LogP contribution in [0.25, 0.3) is 0 Å². The molecule has 0 saturated carbocycles. The van der Waals surface area contributed by atoms with Gasteiger partial charge in [0.25, 0.3) is 0 Å². The summed E-state index contributed by atoms with van der Waals surface area (Å²) in [4.78, 5) is 11.2. The van der Waals surface area contributed by atoms with E-state index in [4.69, 9.17) is 4.74 Å². The number of rotatable bonds is 3. The molecule has 1 N–H and O–H groups in total. The molecule has 2 unspecified atom stereocenters. The summed E-state index contributed by atoms with van der Waals surface area (Å²) >= 11 is 0. The molecule has 1 aliphatic heterocycles. The quantitative estimate of drug-likeness (QED) is 0.819. The van der Waals surface area contributed by atoms with Gasteiger partial charge in [0.15, 0.2) is 0 Å². The lowest BCUT2D eigenvalue weighted by molar-refractivity contribution is -0.147. The third-order valence-electron chi connectivity index (χ3n) is 4.99. The molecule has 1 heterocycles. The van der Waals surface area contributed by atoms with Gasteiger partial charge in [0.05, 0.1) is 0 Å². The fraction of sp³-hybridized carbons (Fsp3) is 0.682. The van der Waals surface area contributed by atoms with Crippen LogP contribution in [0.3, 0.4) is 0 Å². The number of hydrogen-bond acceptors (Lipinski definition) is 3. The van der Waals surface area contributed by atoms with E-state index in [0.717, 1.165) is 25.8 Å². The first kappa shape index (κ1) is 20.0. The third kappa shape index (κ3) is 5.85. The summed E-state index contributed by atoms with van der Waals surface area (Å²) in [5, 5.41) is 3.60. The summed E-state index contributed by atoms with van der Waals surface area (Å²) in [6.45, 7) is 16.0. The minimum Gasteiger partial charge on any atom is -0.462 e. The van der Waals surface area contributed by atoms with Crippen molar-refractivity contribution in [2.24, 2.45) is 0 Å². The molecule has 0 radical (unpaired) electrons. The minimum atomic E-state index is -0.171. The van der Waals surface area contributed by atoms with Crippen LogP contribution in [0.1, 0.15) is 78.0 Å². The van der Waals surface area contributed by atoms with Gasteiger partial charge in [-0.05, 0) is 46.9 Å². The number of piperidine rings is 1. The molecule has 1 aromatic carbocycles. The van der Waals surface area contributed by atoms with Gasteiger partial charge in [0.1, 0.15) is 6.10 Å². The molecule has 1 fully saturated rings. The monoisotopic (exact) mass is 345 g/mol. The van der Waals surface area contributed by atoms with Crippen molar-refractivity contribution in [2.45, 2.75) is 90.7 Å². The number of nitrogens with one attached hydrogen (secondary N) is 1. The van der Waals surface area contributed by atoms with E-state index in [1.165, 1.54) is 23.6 Å². The van der Waals surface area contributed by atoms with Gasteiger partial charge in [-0.3, -0.25) is 4.79 Å². The molecule has 1 aliphatic rings. The van der Waals surface area contributed by atoms with Crippen LogP contribution in [0.15, 0.2) is 18.2 Å². The summed E-state index contributed by atoms with van der Waals surface area (Å²) in [6.07, 6.45) is 2.83. The number of benzene rings is 1. The van der Waals surface area contributed by atoms with E-state index < -0.39 is 0 Å². The Hall–Kier alpha value is -1.35. The first-order valence-corrected chi connectivity index (χ1v) is 9.50. The van der Waals surface area contributed by atoms with Crippen LogP contribution in [0.5, 0.6) is 0 Å². The van der Waals surface area contributed by atoms with Crippen LogP contribution in [0.4, 0.5) is 0 Å². The van der Waals surface area contributed by atoms with Crippen LogP contribution in [0, 0.1) is 0 Å². The number of hydrogen-bond donors (Lipinski definition) is 1. The first-order chi connectivity index (χ1) is 11.4. The Kier molecular flexibility index (Phi) is 5.98. The van der Waals surface area contributed by atoms with Crippen molar-refractivity contribution in [1.82, 2.24) is 5.32 Å². The minimum absolute atomic E-state index is 0.0524. The van der Waals surface area contributed by atoms with Crippen LogP contribution < -0.4 is 5.32 Å². The fourth-order valence-electron chi connectivity index (χ4n) is 3.42. The van der Waals surface area contributed by atoms with Crippen molar-refractivity contribution in [3.63, 3.8) is 0 Å². The number of carbonyl (C=O) groups is 1. The van der Waals surface area contributed by atoms with Gasteiger partial charge in [-0.25, -0.2) is 0 Å². The van der Waals surface area contributed by atoms with Gasteiger partial charge in [-0.1, -0.05) is 59.7 Å². The van der Waals surface area contributed by atoms with Gasteiger partial charge in [0.2, 0.25) is 0 Å². The summed E-state index contributed by atoms with van der Waals surface area (Å²) in [5.41, 5.74) is 4.43. The predicted molar refractivity (Wildman–Crippen MR) is 104 cm³/mol. The second-order valence-corrected chi connectivity index (χ2v) is 9.53. The normalized spacial score (nSPS) is 21.9. The molecular formula is C22H35NO2. The van der Waals surface area contributed by atoms with Crippen LogP contribution in [-0.2, 0) is 26.8 Å². The lowest BCUT2D eigenvalue weighted by Crippen LogP contribution is -2.43. The second-order valence-electron chi connectivity index (χ2n) is 9.53. The maximum absolute atomic E-state index is 11.2. The van der Waals surface area contributed by atoms with E-state index in [0.29, 0.717) is 6.04 Å². The Morgan fingerprint density at radius 1 is 1.08 bits per heavy atom. The maximum atomic E-state index is 11.2. The molecule has 0 amide bonds. The van der Waals surface area contributed by atoms with Crippen LogP contribution >= 0.6 is 0 Å². The molecule has 0 aromatic heterocycles. The van der Waals surface area contributed by atoms with Gasteiger partial charge in [0, 0.05) is 19.4 Å². The van der Waals surface area contributed by atoms with Gasteiger partial charge in [-0.2, -0.15) is 0 Å². The second kappa shape index (κ2) is 7.49. The zero-order valence-electron chi connectivity index (χ0n) is 17.0. The highest BCUT2D eigenvalue weighted by Gasteiger charge is 2.25. The molecule has 1 aromatic rings. The highest BCUT2D eigenvalue weighted by molar-refractivity contribution is 5.66. The maximum Gasteiger partial charge on any atom is 0.302 e. The first-order valence-electron chi connectivity index (χ1n) is 9.50. The van der Waals surface area contributed by atoms with Gasteiger partial charge < -0.3 is 10.1 Å². The number of ether oxygens (including phenoxy) is 1. The lowest BCUT2D eigenvalue weighted by Gasteiger charge is -2.31. The van der Waals surface area contributed by atoms with E-state index in [1.54, 1.807) is 0 Å². The fourth-order valence-corrected chi connectivity index (χ4v) is 3.42. The van der Waals surface area contributed by atoms with Crippen molar-refractivity contribution >= 4 is 5.97 Å². The smallest absolute Gasteiger partial charge is 0.302 e. The highest BCUT2D eigenvalue weighted by atomic mass is 16.5. The predicted octanol–water partition coefficient (Wildman–Crippen LogP) is 4.51. The largest absolute Gasteiger partial charge is 0.462 e. The molecular weight excluding hydrogens is 310 g/mol. The Bertz CT molecular complexity index is 575. The SMILES string of the molecule is CC(=O)OC1CCNC(Cc2cc(C(C)(C)C)cc(C(C)(C)C)c2)C1. The molecule has 0 spiro atoms. The summed E-state index contributed by atoms with van der Waals surface area (Å²) < 4.78 is 5.44. The van der Waals surface area contributed by atoms with Crippen LogP contribution in [-0.4, -0.2) is 24.7 Å².